The van der Waals surface area contributed by atoms with Gasteiger partial charge in [-0.2, -0.15) is 0 Å². The Bertz CT molecular complexity index is 522. The lowest BCUT2D eigenvalue weighted by Gasteiger charge is -2.27. The van der Waals surface area contributed by atoms with Gasteiger partial charge in [-0.3, -0.25) is 19.3 Å². The summed E-state index contributed by atoms with van der Waals surface area (Å²) in [7, 11) is 0. The number of rotatable bonds is 11. The Kier molecular flexibility index (Phi) is 11.3. The summed E-state index contributed by atoms with van der Waals surface area (Å²) in [6.07, 6.45) is 7.84. The maximum Gasteiger partial charge on any atom is 0.334 e. The molecule has 2 amide bonds. The molecule has 0 aromatic heterocycles. The highest BCUT2D eigenvalue weighted by Gasteiger charge is 2.36. The molecule has 0 spiro atoms. The molecule has 1 N–H and O–H groups in total. The molecule has 0 aliphatic carbocycles. The van der Waals surface area contributed by atoms with Crippen LogP contribution < -0.4 is 0 Å². The first-order valence-corrected chi connectivity index (χ1v) is 7.99. The first-order valence-electron chi connectivity index (χ1n) is 7.99. The standard InChI is InChI=1S/C18H25NO6/c1-4-7-9-11-15(20)19(16(21)12-10-8-5-2)14(13-17(22)23)18(24)25-6-3/h4-8,14H,3,9-13H2,1-2H3,(H,22,23)/b7-4+,8-5+. The Labute approximate surface area is 147 Å². The molecule has 0 aliphatic heterocycles. The molecule has 25 heavy (non-hydrogen) atoms. The largest absolute Gasteiger partial charge is 0.481 e. The number of imide groups is 1. The van der Waals surface area contributed by atoms with Crippen LogP contribution in [-0.2, 0) is 23.9 Å². The van der Waals surface area contributed by atoms with Crippen LogP contribution in [0.4, 0.5) is 0 Å². The Hall–Kier alpha value is -2.70. The number of carbonyl (C=O) groups is 4. The van der Waals surface area contributed by atoms with E-state index in [0.717, 1.165) is 6.26 Å². The molecule has 0 aliphatic rings. The summed E-state index contributed by atoms with van der Waals surface area (Å²) in [5.41, 5.74) is 0. The zero-order chi connectivity index (χ0) is 19.2. The minimum Gasteiger partial charge on any atom is -0.481 e. The second-order valence-electron chi connectivity index (χ2n) is 5.09. The molecule has 1 atom stereocenters. The Morgan fingerprint density at radius 2 is 1.52 bits per heavy atom. The van der Waals surface area contributed by atoms with Crippen molar-refractivity contribution >= 4 is 23.8 Å². The summed E-state index contributed by atoms with van der Waals surface area (Å²) in [4.78, 5) is 48.8. The van der Waals surface area contributed by atoms with Gasteiger partial charge in [0.1, 0.15) is 6.04 Å². The second kappa shape index (κ2) is 12.7. The van der Waals surface area contributed by atoms with Crippen LogP contribution in [0, 0.1) is 0 Å². The lowest BCUT2D eigenvalue weighted by atomic mass is 10.1. The molecule has 0 aromatic rings. The molecule has 0 aromatic carbocycles. The lowest BCUT2D eigenvalue weighted by Crippen LogP contribution is -2.50. The Morgan fingerprint density at radius 3 is 1.88 bits per heavy atom. The van der Waals surface area contributed by atoms with Gasteiger partial charge in [-0.05, 0) is 26.7 Å². The van der Waals surface area contributed by atoms with E-state index >= 15 is 0 Å². The molecule has 7 nitrogen and oxygen atoms in total. The molecule has 0 radical (unpaired) electrons. The third-order valence-corrected chi connectivity index (χ3v) is 3.21. The molecular weight excluding hydrogens is 326 g/mol. The predicted molar refractivity (Wildman–Crippen MR) is 92.3 cm³/mol. The van der Waals surface area contributed by atoms with Gasteiger partial charge in [-0.15, -0.1) is 0 Å². The number of hydrogen-bond donors (Lipinski definition) is 1. The zero-order valence-electron chi connectivity index (χ0n) is 14.6. The van der Waals surface area contributed by atoms with Crippen molar-refractivity contribution in [2.75, 3.05) is 0 Å². The van der Waals surface area contributed by atoms with Crippen LogP contribution in [-0.4, -0.2) is 39.8 Å². The van der Waals surface area contributed by atoms with Crippen molar-refractivity contribution in [1.82, 2.24) is 4.90 Å². The molecule has 0 saturated heterocycles. The fraction of sp³-hybridized carbons (Fsp3) is 0.444. The molecule has 0 bridgehead atoms. The van der Waals surface area contributed by atoms with Gasteiger partial charge in [0.2, 0.25) is 11.8 Å². The van der Waals surface area contributed by atoms with Crippen LogP contribution in [0.5, 0.6) is 0 Å². The quantitative estimate of drug-likeness (QED) is 0.349. The average molecular weight is 351 g/mol. The number of esters is 1. The number of allylic oxidation sites excluding steroid dienone is 4. The third kappa shape index (κ3) is 8.64. The van der Waals surface area contributed by atoms with Crippen LogP contribution in [0.3, 0.4) is 0 Å². The van der Waals surface area contributed by atoms with Gasteiger partial charge in [0.05, 0.1) is 12.7 Å². The second-order valence-corrected chi connectivity index (χ2v) is 5.09. The number of carboxylic acids is 1. The van der Waals surface area contributed by atoms with Crippen molar-refractivity contribution in [3.8, 4) is 0 Å². The Morgan fingerprint density at radius 1 is 1.04 bits per heavy atom. The van der Waals surface area contributed by atoms with Crippen molar-refractivity contribution in [3.63, 3.8) is 0 Å². The van der Waals surface area contributed by atoms with Crippen molar-refractivity contribution in [2.24, 2.45) is 0 Å². The molecular formula is C18H25NO6. The van der Waals surface area contributed by atoms with Crippen molar-refractivity contribution in [2.45, 2.75) is 52.0 Å². The minimum absolute atomic E-state index is 0.0167. The minimum atomic E-state index is -1.52. The van der Waals surface area contributed by atoms with Gasteiger partial charge in [-0.25, -0.2) is 4.79 Å². The number of hydrogen-bond acceptors (Lipinski definition) is 5. The SMILES string of the molecule is C=COC(=O)C(CC(=O)O)N(C(=O)CC/C=C/C)C(=O)CC/C=C/C. The molecule has 138 valence electrons. The number of ether oxygens (including phenoxy) is 1. The molecule has 0 saturated carbocycles. The fourth-order valence-corrected chi connectivity index (χ4v) is 2.08. The summed E-state index contributed by atoms with van der Waals surface area (Å²) in [5.74, 6) is -3.55. The van der Waals surface area contributed by atoms with Gasteiger partial charge >= 0.3 is 11.9 Å². The lowest BCUT2D eigenvalue weighted by molar-refractivity contribution is -0.161. The first-order chi connectivity index (χ1) is 11.9. The van der Waals surface area contributed by atoms with E-state index in [0.29, 0.717) is 17.7 Å². The zero-order valence-corrected chi connectivity index (χ0v) is 14.6. The third-order valence-electron chi connectivity index (χ3n) is 3.21. The summed E-state index contributed by atoms with van der Waals surface area (Å²) in [6, 6.07) is -1.52. The van der Waals surface area contributed by atoms with Gasteiger partial charge < -0.3 is 9.84 Å². The van der Waals surface area contributed by atoms with E-state index in [9.17, 15) is 19.2 Å². The van der Waals surface area contributed by atoms with Crippen molar-refractivity contribution in [3.05, 3.63) is 37.1 Å². The molecule has 1 unspecified atom stereocenters. The maximum atomic E-state index is 12.5. The fourth-order valence-electron chi connectivity index (χ4n) is 2.08. The van der Waals surface area contributed by atoms with E-state index in [1.807, 2.05) is 0 Å². The van der Waals surface area contributed by atoms with Crippen LogP contribution in [0.15, 0.2) is 37.1 Å². The van der Waals surface area contributed by atoms with Crippen molar-refractivity contribution in [1.29, 1.82) is 0 Å². The van der Waals surface area contributed by atoms with Gasteiger partial charge in [0.15, 0.2) is 0 Å². The van der Waals surface area contributed by atoms with Crippen LogP contribution in [0.25, 0.3) is 0 Å². The molecule has 0 rings (SSSR count). The van der Waals surface area contributed by atoms with Crippen LogP contribution in [0.2, 0.25) is 0 Å². The maximum absolute atomic E-state index is 12.5. The number of nitrogens with zero attached hydrogens (tertiary/aromatic N) is 1. The van der Waals surface area contributed by atoms with E-state index in [-0.39, 0.29) is 12.8 Å². The number of carboxylic acid groups (broad SMARTS) is 1. The highest BCUT2D eigenvalue weighted by molar-refractivity contribution is 6.00. The number of aliphatic carboxylic acids is 1. The predicted octanol–water partition coefficient (Wildman–Crippen LogP) is 2.58. The summed E-state index contributed by atoms with van der Waals surface area (Å²) in [6.45, 7) is 6.82. The van der Waals surface area contributed by atoms with Crippen LogP contribution >= 0.6 is 0 Å². The summed E-state index contributed by atoms with van der Waals surface area (Å²) < 4.78 is 4.63. The van der Waals surface area contributed by atoms with E-state index in [4.69, 9.17) is 5.11 Å². The highest BCUT2D eigenvalue weighted by atomic mass is 16.5. The van der Waals surface area contributed by atoms with E-state index in [1.165, 1.54) is 0 Å². The van der Waals surface area contributed by atoms with E-state index in [2.05, 4.69) is 11.3 Å². The topological polar surface area (TPSA) is 101 Å². The molecule has 0 heterocycles. The normalized spacial score (nSPS) is 12.1. The number of amides is 2. The average Bonchev–Trinajstić information content (AvgIpc) is 2.54. The van der Waals surface area contributed by atoms with Crippen molar-refractivity contribution < 1.29 is 29.0 Å². The first kappa shape index (κ1) is 22.3. The Balaban J connectivity index is 5.53. The van der Waals surface area contributed by atoms with Crippen LogP contribution in [0.1, 0.15) is 46.0 Å². The van der Waals surface area contributed by atoms with E-state index in [1.54, 1.807) is 38.2 Å². The van der Waals surface area contributed by atoms with Gasteiger partial charge in [0, 0.05) is 12.8 Å². The smallest absolute Gasteiger partial charge is 0.334 e. The van der Waals surface area contributed by atoms with Gasteiger partial charge in [-0.1, -0.05) is 30.9 Å². The summed E-state index contributed by atoms with van der Waals surface area (Å²) >= 11 is 0. The van der Waals surface area contributed by atoms with Gasteiger partial charge in [0.25, 0.3) is 0 Å². The van der Waals surface area contributed by atoms with E-state index < -0.39 is 36.2 Å². The molecule has 7 heteroatoms. The monoisotopic (exact) mass is 351 g/mol. The summed E-state index contributed by atoms with van der Waals surface area (Å²) in [5, 5.41) is 9.04. The highest BCUT2D eigenvalue weighted by Crippen LogP contribution is 2.14. The number of carbonyl (C=O) groups excluding carboxylic acids is 3. The molecule has 0 fully saturated rings.